The molecule has 0 saturated carbocycles. The Bertz CT molecular complexity index is 344. The highest BCUT2D eigenvalue weighted by molar-refractivity contribution is 7.07. The van der Waals surface area contributed by atoms with Crippen LogP contribution >= 0.6 is 11.3 Å². The Morgan fingerprint density at radius 1 is 1.62 bits per heavy atom. The van der Waals surface area contributed by atoms with E-state index in [1.54, 1.807) is 17.4 Å². The summed E-state index contributed by atoms with van der Waals surface area (Å²) in [4.78, 5) is 10.7. The minimum Gasteiger partial charge on any atom is -0.478 e. The molecule has 0 unspecified atom stereocenters. The van der Waals surface area contributed by atoms with Crippen molar-refractivity contribution in [3.8, 4) is 0 Å². The molecular formula is C12H17NO2S. The van der Waals surface area contributed by atoms with Gasteiger partial charge in [-0.3, -0.25) is 0 Å². The van der Waals surface area contributed by atoms with Gasteiger partial charge in [-0.2, -0.15) is 11.3 Å². The van der Waals surface area contributed by atoms with Gasteiger partial charge in [0.05, 0.1) is 0 Å². The first-order valence-electron chi connectivity index (χ1n) is 5.38. The van der Waals surface area contributed by atoms with Crippen molar-refractivity contribution in [2.24, 2.45) is 0 Å². The summed E-state index contributed by atoms with van der Waals surface area (Å²) in [6.07, 6.45) is 3.31. The lowest BCUT2D eigenvalue weighted by Gasteiger charge is -2.01. The van der Waals surface area contributed by atoms with Crippen LogP contribution in [0.4, 0.5) is 0 Å². The molecule has 0 spiro atoms. The van der Waals surface area contributed by atoms with Crippen molar-refractivity contribution < 1.29 is 9.90 Å². The van der Waals surface area contributed by atoms with Gasteiger partial charge in [-0.25, -0.2) is 4.79 Å². The van der Waals surface area contributed by atoms with Gasteiger partial charge < -0.3 is 10.4 Å². The van der Waals surface area contributed by atoms with Gasteiger partial charge in [0.15, 0.2) is 0 Å². The molecule has 0 saturated heterocycles. The van der Waals surface area contributed by atoms with E-state index >= 15 is 0 Å². The maximum Gasteiger partial charge on any atom is 0.331 e. The lowest BCUT2D eigenvalue weighted by Crippen LogP contribution is -2.18. The van der Waals surface area contributed by atoms with Crippen molar-refractivity contribution in [2.75, 3.05) is 13.1 Å². The molecule has 1 aromatic heterocycles. The highest BCUT2D eigenvalue weighted by Crippen LogP contribution is 2.05. The normalized spacial score (nSPS) is 11.7. The fraction of sp³-hybridized carbons (Fsp3) is 0.417. The molecule has 3 nitrogen and oxygen atoms in total. The van der Waals surface area contributed by atoms with Gasteiger partial charge in [-0.05, 0) is 41.8 Å². The first kappa shape index (κ1) is 12.9. The van der Waals surface area contributed by atoms with Crippen LogP contribution in [0.15, 0.2) is 28.5 Å². The van der Waals surface area contributed by atoms with Crippen LogP contribution in [0.2, 0.25) is 0 Å². The number of nitrogens with one attached hydrogen (secondary N) is 1. The summed E-state index contributed by atoms with van der Waals surface area (Å²) in [5, 5.41) is 16.2. The zero-order valence-corrected chi connectivity index (χ0v) is 10.2. The SMILES string of the molecule is CC/C(=C/CNCCc1ccsc1)C(=O)O. The second-order valence-corrected chi connectivity index (χ2v) is 4.25. The maximum absolute atomic E-state index is 10.7. The Labute approximate surface area is 99.8 Å². The van der Waals surface area contributed by atoms with Crippen molar-refractivity contribution in [3.63, 3.8) is 0 Å². The lowest BCUT2D eigenvalue weighted by molar-refractivity contribution is -0.132. The second-order valence-electron chi connectivity index (χ2n) is 3.47. The second kappa shape index (κ2) is 7.19. The standard InChI is InChI=1S/C12H17NO2S/c1-2-11(12(14)15)4-7-13-6-3-10-5-8-16-9-10/h4-5,8-9,13H,2-3,6-7H2,1H3,(H,14,15)/b11-4-. The summed E-state index contributed by atoms with van der Waals surface area (Å²) < 4.78 is 0. The molecule has 0 atom stereocenters. The number of carbonyl (C=O) groups is 1. The lowest BCUT2D eigenvalue weighted by atomic mass is 10.2. The average molecular weight is 239 g/mol. The summed E-state index contributed by atoms with van der Waals surface area (Å²) in [7, 11) is 0. The van der Waals surface area contributed by atoms with E-state index in [0.717, 1.165) is 13.0 Å². The molecule has 0 bridgehead atoms. The molecule has 88 valence electrons. The van der Waals surface area contributed by atoms with E-state index < -0.39 is 5.97 Å². The molecule has 0 amide bonds. The minimum absolute atomic E-state index is 0.475. The molecule has 0 aromatic carbocycles. The highest BCUT2D eigenvalue weighted by atomic mass is 32.1. The topological polar surface area (TPSA) is 49.3 Å². The van der Waals surface area contributed by atoms with Crippen LogP contribution in [0.5, 0.6) is 0 Å². The van der Waals surface area contributed by atoms with Crippen LogP contribution in [-0.2, 0) is 11.2 Å². The Hall–Kier alpha value is -1.13. The molecule has 0 radical (unpaired) electrons. The molecule has 16 heavy (non-hydrogen) atoms. The largest absolute Gasteiger partial charge is 0.478 e. The monoisotopic (exact) mass is 239 g/mol. The quantitative estimate of drug-likeness (QED) is 0.567. The third-order valence-electron chi connectivity index (χ3n) is 2.32. The van der Waals surface area contributed by atoms with Gasteiger partial charge in [-0.1, -0.05) is 13.0 Å². The van der Waals surface area contributed by atoms with E-state index in [1.807, 2.05) is 6.92 Å². The van der Waals surface area contributed by atoms with Gasteiger partial charge in [-0.15, -0.1) is 0 Å². The predicted octanol–water partition coefficient (Wildman–Crippen LogP) is 2.30. The Kier molecular flexibility index (Phi) is 5.82. The van der Waals surface area contributed by atoms with Crippen molar-refractivity contribution in [3.05, 3.63) is 34.0 Å². The first-order chi connectivity index (χ1) is 7.74. The maximum atomic E-state index is 10.7. The van der Waals surface area contributed by atoms with Gasteiger partial charge >= 0.3 is 5.97 Å². The zero-order valence-electron chi connectivity index (χ0n) is 9.40. The molecule has 0 aliphatic carbocycles. The van der Waals surface area contributed by atoms with Crippen LogP contribution < -0.4 is 5.32 Å². The third-order valence-corrected chi connectivity index (χ3v) is 3.05. The summed E-state index contributed by atoms with van der Waals surface area (Å²) in [6.45, 7) is 3.36. The van der Waals surface area contributed by atoms with Crippen molar-refractivity contribution in [1.82, 2.24) is 5.32 Å². The van der Waals surface area contributed by atoms with E-state index in [-0.39, 0.29) is 0 Å². The fourth-order valence-electron chi connectivity index (χ4n) is 1.35. The van der Waals surface area contributed by atoms with E-state index in [0.29, 0.717) is 18.5 Å². The molecule has 0 fully saturated rings. The number of hydrogen-bond donors (Lipinski definition) is 2. The number of aliphatic carboxylic acids is 1. The van der Waals surface area contributed by atoms with E-state index in [9.17, 15) is 4.79 Å². The molecule has 0 aliphatic heterocycles. The molecule has 2 N–H and O–H groups in total. The fourth-order valence-corrected chi connectivity index (χ4v) is 2.05. The third kappa shape index (κ3) is 4.59. The number of carboxylic acid groups (broad SMARTS) is 1. The molecule has 4 heteroatoms. The molecule has 1 rings (SSSR count). The number of thiophene rings is 1. The summed E-state index contributed by atoms with van der Waals surface area (Å²) in [5.74, 6) is -0.817. The highest BCUT2D eigenvalue weighted by Gasteiger charge is 2.02. The zero-order chi connectivity index (χ0) is 11.8. The van der Waals surface area contributed by atoms with Crippen molar-refractivity contribution >= 4 is 17.3 Å². The van der Waals surface area contributed by atoms with Gasteiger partial charge in [0.1, 0.15) is 0 Å². The summed E-state index contributed by atoms with van der Waals surface area (Å²) in [5.41, 5.74) is 1.80. The number of carboxylic acids is 1. The van der Waals surface area contributed by atoms with Crippen LogP contribution in [0, 0.1) is 0 Å². The summed E-state index contributed by atoms with van der Waals surface area (Å²) >= 11 is 1.70. The number of rotatable bonds is 7. The molecule has 1 aromatic rings. The summed E-state index contributed by atoms with van der Waals surface area (Å²) in [6, 6.07) is 2.11. The van der Waals surface area contributed by atoms with E-state index in [4.69, 9.17) is 5.11 Å². The molecule has 0 aliphatic rings. The average Bonchev–Trinajstić information content (AvgIpc) is 2.75. The number of hydrogen-bond acceptors (Lipinski definition) is 3. The minimum atomic E-state index is -0.817. The molecule has 1 heterocycles. The van der Waals surface area contributed by atoms with Crippen LogP contribution in [-0.4, -0.2) is 24.2 Å². The smallest absolute Gasteiger partial charge is 0.331 e. The van der Waals surface area contributed by atoms with Gasteiger partial charge in [0.2, 0.25) is 0 Å². The van der Waals surface area contributed by atoms with E-state index in [1.165, 1.54) is 5.56 Å². The Morgan fingerprint density at radius 2 is 2.44 bits per heavy atom. The van der Waals surface area contributed by atoms with Gasteiger partial charge in [0, 0.05) is 12.1 Å². The van der Waals surface area contributed by atoms with Crippen molar-refractivity contribution in [2.45, 2.75) is 19.8 Å². The van der Waals surface area contributed by atoms with E-state index in [2.05, 4.69) is 22.1 Å². The van der Waals surface area contributed by atoms with Crippen LogP contribution in [0.1, 0.15) is 18.9 Å². The van der Waals surface area contributed by atoms with Crippen LogP contribution in [0.25, 0.3) is 0 Å². The predicted molar refractivity (Wildman–Crippen MR) is 66.9 cm³/mol. The van der Waals surface area contributed by atoms with Crippen LogP contribution in [0.3, 0.4) is 0 Å². The van der Waals surface area contributed by atoms with Crippen molar-refractivity contribution in [1.29, 1.82) is 0 Å². The molecular weight excluding hydrogens is 222 g/mol. The Morgan fingerprint density at radius 3 is 3.00 bits per heavy atom. The Balaban J connectivity index is 2.18. The first-order valence-corrected chi connectivity index (χ1v) is 6.32. The van der Waals surface area contributed by atoms with Gasteiger partial charge in [0.25, 0.3) is 0 Å².